The van der Waals surface area contributed by atoms with Gasteiger partial charge in [0.15, 0.2) is 0 Å². The summed E-state index contributed by atoms with van der Waals surface area (Å²) in [5, 5.41) is 11.7. The maximum Gasteiger partial charge on any atom is 0.244 e. The number of amides is 1. The van der Waals surface area contributed by atoms with Gasteiger partial charge >= 0.3 is 0 Å². The van der Waals surface area contributed by atoms with E-state index in [9.17, 15) is 4.79 Å². The fraction of sp³-hybridized carbons (Fsp3) is 0.389. The molecule has 1 fully saturated rings. The monoisotopic (exact) mass is 344 g/mol. The van der Waals surface area contributed by atoms with Gasteiger partial charge in [0.05, 0.1) is 0 Å². The first-order valence-corrected chi connectivity index (χ1v) is 8.68. The van der Waals surface area contributed by atoms with Gasteiger partial charge in [-0.15, -0.1) is 10.2 Å². The Morgan fingerprint density at radius 3 is 3.00 bits per heavy atom. The summed E-state index contributed by atoms with van der Waals surface area (Å²) in [5.41, 5.74) is 1.95. The van der Waals surface area contributed by atoms with Gasteiger partial charge in [-0.1, -0.05) is 30.7 Å². The van der Waals surface area contributed by atoms with Crippen molar-refractivity contribution in [3.63, 3.8) is 0 Å². The Balaban J connectivity index is 1.56. The summed E-state index contributed by atoms with van der Waals surface area (Å²) >= 11 is 6.03. The molecule has 0 aliphatic heterocycles. The highest BCUT2D eigenvalue weighted by Gasteiger charge is 2.25. The van der Waals surface area contributed by atoms with Crippen LogP contribution >= 0.6 is 11.6 Å². The molecule has 0 spiro atoms. The normalized spacial score (nSPS) is 14.7. The van der Waals surface area contributed by atoms with Crippen molar-refractivity contribution in [3.05, 3.63) is 53.1 Å². The van der Waals surface area contributed by atoms with E-state index < -0.39 is 0 Å². The molecule has 5 nitrogen and oxygen atoms in total. The molecule has 0 atom stereocenters. The zero-order valence-corrected chi connectivity index (χ0v) is 14.5. The van der Waals surface area contributed by atoms with Crippen molar-refractivity contribution in [3.8, 4) is 0 Å². The minimum atomic E-state index is -0.0932. The Kier molecular flexibility index (Phi) is 5.30. The molecule has 24 heavy (non-hydrogen) atoms. The number of nitrogens with one attached hydrogen (secondary N) is 1. The molecule has 0 saturated heterocycles. The lowest BCUT2D eigenvalue weighted by Gasteiger charge is -2.07. The maximum atomic E-state index is 12.2. The Bertz CT molecular complexity index is 749. The molecule has 1 amide bonds. The summed E-state index contributed by atoms with van der Waals surface area (Å²) in [6.45, 7) is 2.57. The average Bonchev–Trinajstić information content (AvgIpc) is 3.31. The fourth-order valence-corrected chi connectivity index (χ4v) is 2.88. The van der Waals surface area contributed by atoms with Crippen molar-refractivity contribution >= 4 is 23.1 Å². The molecule has 1 aliphatic rings. The van der Waals surface area contributed by atoms with Gasteiger partial charge in [-0.25, -0.2) is 0 Å². The van der Waals surface area contributed by atoms with Crippen LogP contribution in [0.4, 0.5) is 0 Å². The van der Waals surface area contributed by atoms with Gasteiger partial charge < -0.3 is 9.88 Å². The van der Waals surface area contributed by atoms with E-state index in [1.807, 2.05) is 31.2 Å². The first kappa shape index (κ1) is 16.7. The number of nitrogens with zero attached hydrogens (tertiary/aromatic N) is 3. The number of hydrogen-bond acceptors (Lipinski definition) is 3. The Labute approximate surface area is 146 Å². The standard InChI is InChI=1S/C18H21ClN4O/c1-2-13(14-4-3-5-15(19)10-14)11-18(24)20-9-8-17-22-21-12-23(17)16-6-7-16/h3-5,10-12,16H,2,6-9H2,1H3,(H,20,24). The Hall–Kier alpha value is -2.14. The molecule has 0 bridgehead atoms. The largest absolute Gasteiger partial charge is 0.352 e. The second-order valence-corrected chi connectivity index (χ2v) is 6.40. The Morgan fingerprint density at radius 2 is 2.29 bits per heavy atom. The SMILES string of the molecule is CCC(=CC(=O)NCCc1nncn1C1CC1)c1cccc(Cl)c1. The predicted molar refractivity (Wildman–Crippen MR) is 94.7 cm³/mol. The topological polar surface area (TPSA) is 59.8 Å². The van der Waals surface area contributed by atoms with E-state index in [0.29, 0.717) is 24.0 Å². The van der Waals surface area contributed by atoms with Crippen LogP contribution in [0.5, 0.6) is 0 Å². The van der Waals surface area contributed by atoms with Crippen LogP contribution in [-0.2, 0) is 11.2 Å². The van der Waals surface area contributed by atoms with Gasteiger partial charge in [0, 0.05) is 30.1 Å². The molecule has 1 heterocycles. The lowest BCUT2D eigenvalue weighted by atomic mass is 10.0. The van der Waals surface area contributed by atoms with Crippen molar-refractivity contribution in [2.75, 3.05) is 6.54 Å². The van der Waals surface area contributed by atoms with E-state index in [1.165, 1.54) is 12.8 Å². The molecular formula is C18H21ClN4O. The summed E-state index contributed by atoms with van der Waals surface area (Å²) in [7, 11) is 0. The highest BCUT2D eigenvalue weighted by molar-refractivity contribution is 6.30. The third-order valence-corrected chi connectivity index (χ3v) is 4.35. The number of aromatic nitrogens is 3. The fourth-order valence-electron chi connectivity index (χ4n) is 2.69. The van der Waals surface area contributed by atoms with Crippen molar-refractivity contribution in [1.82, 2.24) is 20.1 Å². The van der Waals surface area contributed by atoms with Gasteiger partial charge in [-0.05, 0) is 42.5 Å². The number of halogens is 1. The zero-order chi connectivity index (χ0) is 16.9. The van der Waals surface area contributed by atoms with Crippen molar-refractivity contribution in [2.45, 2.75) is 38.6 Å². The van der Waals surface area contributed by atoms with Crippen LogP contribution in [0, 0.1) is 0 Å². The second-order valence-electron chi connectivity index (χ2n) is 5.96. The molecule has 3 rings (SSSR count). The van der Waals surface area contributed by atoms with Gasteiger partial charge in [0.1, 0.15) is 12.2 Å². The molecule has 1 aromatic carbocycles. The van der Waals surface area contributed by atoms with Crippen LogP contribution in [-0.4, -0.2) is 27.2 Å². The lowest BCUT2D eigenvalue weighted by Crippen LogP contribution is -2.25. The van der Waals surface area contributed by atoms with Crippen LogP contribution < -0.4 is 5.32 Å². The molecule has 0 radical (unpaired) electrons. The second kappa shape index (κ2) is 7.62. The summed E-state index contributed by atoms with van der Waals surface area (Å²) in [6, 6.07) is 8.12. The zero-order valence-electron chi connectivity index (χ0n) is 13.7. The number of benzene rings is 1. The average molecular weight is 345 g/mol. The van der Waals surface area contributed by atoms with Crippen LogP contribution in [0.25, 0.3) is 5.57 Å². The molecule has 6 heteroatoms. The number of allylic oxidation sites excluding steroid dienone is 1. The summed E-state index contributed by atoms with van der Waals surface area (Å²) in [4.78, 5) is 12.2. The molecular weight excluding hydrogens is 324 g/mol. The minimum Gasteiger partial charge on any atom is -0.352 e. The van der Waals surface area contributed by atoms with Crippen molar-refractivity contribution < 1.29 is 4.79 Å². The number of carbonyl (C=O) groups excluding carboxylic acids is 1. The van der Waals surface area contributed by atoms with Gasteiger partial charge in [-0.2, -0.15) is 0 Å². The molecule has 1 aromatic heterocycles. The molecule has 2 aromatic rings. The van der Waals surface area contributed by atoms with Crippen LogP contribution in [0.15, 0.2) is 36.7 Å². The Morgan fingerprint density at radius 1 is 1.46 bits per heavy atom. The van der Waals surface area contributed by atoms with Crippen molar-refractivity contribution in [2.24, 2.45) is 0 Å². The summed E-state index contributed by atoms with van der Waals surface area (Å²) < 4.78 is 2.12. The van der Waals surface area contributed by atoms with Crippen molar-refractivity contribution in [1.29, 1.82) is 0 Å². The first-order chi connectivity index (χ1) is 11.7. The lowest BCUT2D eigenvalue weighted by molar-refractivity contribution is -0.116. The van der Waals surface area contributed by atoms with E-state index in [0.717, 1.165) is 23.4 Å². The van der Waals surface area contributed by atoms with Gasteiger partial charge in [0.25, 0.3) is 0 Å². The van der Waals surface area contributed by atoms with E-state index in [4.69, 9.17) is 11.6 Å². The third-order valence-electron chi connectivity index (χ3n) is 4.12. The molecule has 1 N–H and O–H groups in total. The predicted octanol–water partition coefficient (Wildman–Crippen LogP) is 3.42. The maximum absolute atomic E-state index is 12.2. The third kappa shape index (κ3) is 4.23. The van der Waals surface area contributed by atoms with Gasteiger partial charge in [0.2, 0.25) is 5.91 Å². The number of hydrogen-bond donors (Lipinski definition) is 1. The van der Waals surface area contributed by atoms with Crippen LogP contribution in [0.1, 0.15) is 43.6 Å². The van der Waals surface area contributed by atoms with E-state index in [1.54, 1.807) is 12.4 Å². The van der Waals surface area contributed by atoms with E-state index in [2.05, 4.69) is 20.1 Å². The summed E-state index contributed by atoms with van der Waals surface area (Å²) in [6.07, 6.45) is 7.28. The van der Waals surface area contributed by atoms with Crippen LogP contribution in [0.3, 0.4) is 0 Å². The molecule has 1 aliphatic carbocycles. The smallest absolute Gasteiger partial charge is 0.244 e. The van der Waals surface area contributed by atoms with Gasteiger partial charge in [-0.3, -0.25) is 4.79 Å². The van der Waals surface area contributed by atoms with E-state index >= 15 is 0 Å². The van der Waals surface area contributed by atoms with Crippen LogP contribution in [0.2, 0.25) is 5.02 Å². The molecule has 1 saturated carbocycles. The molecule has 0 unspecified atom stereocenters. The quantitative estimate of drug-likeness (QED) is 0.783. The van der Waals surface area contributed by atoms with E-state index in [-0.39, 0.29) is 5.91 Å². The number of rotatable bonds is 7. The molecule has 126 valence electrons. The first-order valence-electron chi connectivity index (χ1n) is 8.30. The highest BCUT2D eigenvalue weighted by atomic mass is 35.5. The minimum absolute atomic E-state index is 0.0932. The highest BCUT2D eigenvalue weighted by Crippen LogP contribution is 2.35. The summed E-state index contributed by atoms with van der Waals surface area (Å²) in [5.74, 6) is 0.844. The number of carbonyl (C=O) groups is 1.